The van der Waals surface area contributed by atoms with Gasteiger partial charge in [0, 0.05) is 12.5 Å². The van der Waals surface area contributed by atoms with Crippen LogP contribution in [0.15, 0.2) is 35.6 Å². The maximum atomic E-state index is 9.59. The summed E-state index contributed by atoms with van der Waals surface area (Å²) in [6.45, 7) is 0.301. The number of hydrogen-bond acceptors (Lipinski definition) is 4. The summed E-state index contributed by atoms with van der Waals surface area (Å²) in [6.07, 6.45) is 7.10. The standard InChI is InChI=1S/C11H16N2O2/c12-4-11(15)7-1-2-9-8(6-14)5-13-10(9)3-7/h1-3,5,9-11,13-15H,4,6,12H2. The van der Waals surface area contributed by atoms with Crippen LogP contribution in [-0.2, 0) is 0 Å². The second-order valence-electron chi connectivity index (χ2n) is 3.87. The summed E-state index contributed by atoms with van der Waals surface area (Å²) in [5.74, 6) is 0.212. The fraction of sp³-hybridized carbons (Fsp3) is 0.455. The number of fused-ring (bicyclic) bond motifs is 1. The van der Waals surface area contributed by atoms with Crippen LogP contribution in [0.2, 0.25) is 0 Å². The van der Waals surface area contributed by atoms with Crippen molar-refractivity contribution in [3.8, 4) is 0 Å². The molecule has 0 spiro atoms. The van der Waals surface area contributed by atoms with E-state index in [2.05, 4.69) is 5.32 Å². The molecule has 4 nitrogen and oxygen atoms in total. The Bertz CT molecular complexity index is 333. The minimum atomic E-state index is -0.595. The van der Waals surface area contributed by atoms with E-state index in [1.54, 1.807) is 0 Å². The van der Waals surface area contributed by atoms with Crippen LogP contribution in [0.4, 0.5) is 0 Å². The van der Waals surface area contributed by atoms with Gasteiger partial charge < -0.3 is 21.3 Å². The maximum absolute atomic E-state index is 9.59. The van der Waals surface area contributed by atoms with Crippen LogP contribution in [-0.4, -0.2) is 35.5 Å². The second-order valence-corrected chi connectivity index (χ2v) is 3.87. The van der Waals surface area contributed by atoms with Crippen LogP contribution in [0.5, 0.6) is 0 Å². The first kappa shape index (κ1) is 10.4. The van der Waals surface area contributed by atoms with Crippen LogP contribution < -0.4 is 11.1 Å². The second kappa shape index (κ2) is 4.18. The zero-order valence-electron chi connectivity index (χ0n) is 8.43. The number of hydrogen-bond donors (Lipinski definition) is 4. The van der Waals surface area contributed by atoms with Crippen molar-refractivity contribution in [3.63, 3.8) is 0 Å². The third-order valence-corrected chi connectivity index (χ3v) is 2.93. The molecule has 82 valence electrons. The minimum absolute atomic E-state index is 0.0706. The molecule has 1 heterocycles. The molecule has 5 N–H and O–H groups in total. The van der Waals surface area contributed by atoms with E-state index in [0.717, 1.165) is 11.1 Å². The van der Waals surface area contributed by atoms with Gasteiger partial charge in [0.05, 0.1) is 18.8 Å². The Morgan fingerprint density at radius 1 is 1.53 bits per heavy atom. The Hall–Kier alpha value is -1.10. The lowest BCUT2D eigenvalue weighted by atomic mass is 9.87. The van der Waals surface area contributed by atoms with Gasteiger partial charge in [-0.3, -0.25) is 0 Å². The molecule has 0 radical (unpaired) electrons. The molecule has 0 saturated carbocycles. The monoisotopic (exact) mass is 208 g/mol. The number of nitrogens with one attached hydrogen (secondary N) is 1. The van der Waals surface area contributed by atoms with Gasteiger partial charge in [0.1, 0.15) is 0 Å². The van der Waals surface area contributed by atoms with Crippen LogP contribution >= 0.6 is 0 Å². The predicted octanol–water partition coefficient (Wildman–Crippen LogP) is -0.734. The lowest BCUT2D eigenvalue weighted by Crippen LogP contribution is -2.30. The number of nitrogens with two attached hydrogens (primary N) is 1. The molecular weight excluding hydrogens is 192 g/mol. The van der Waals surface area contributed by atoms with Gasteiger partial charge in [-0.25, -0.2) is 0 Å². The van der Waals surface area contributed by atoms with Crippen molar-refractivity contribution in [2.75, 3.05) is 13.2 Å². The van der Waals surface area contributed by atoms with E-state index >= 15 is 0 Å². The molecule has 2 rings (SSSR count). The summed E-state index contributed by atoms with van der Waals surface area (Å²) in [4.78, 5) is 0. The molecule has 0 fully saturated rings. The molecule has 0 amide bonds. The summed E-state index contributed by atoms with van der Waals surface area (Å²) < 4.78 is 0. The van der Waals surface area contributed by atoms with Gasteiger partial charge in [-0.2, -0.15) is 0 Å². The lowest BCUT2D eigenvalue weighted by molar-refractivity contribution is 0.221. The summed E-state index contributed by atoms with van der Waals surface area (Å²) in [5, 5.41) is 21.8. The zero-order valence-corrected chi connectivity index (χ0v) is 8.43. The van der Waals surface area contributed by atoms with Crippen molar-refractivity contribution in [1.82, 2.24) is 5.32 Å². The van der Waals surface area contributed by atoms with Crippen molar-refractivity contribution < 1.29 is 10.2 Å². The zero-order chi connectivity index (χ0) is 10.8. The first-order valence-electron chi connectivity index (χ1n) is 5.10. The molecule has 2 aliphatic rings. The first-order valence-corrected chi connectivity index (χ1v) is 5.10. The van der Waals surface area contributed by atoms with E-state index in [-0.39, 0.29) is 25.1 Å². The first-order chi connectivity index (χ1) is 7.26. The third-order valence-electron chi connectivity index (χ3n) is 2.93. The highest BCUT2D eigenvalue weighted by atomic mass is 16.3. The highest BCUT2D eigenvalue weighted by Gasteiger charge is 2.28. The van der Waals surface area contributed by atoms with Crippen molar-refractivity contribution in [1.29, 1.82) is 0 Å². The average Bonchev–Trinajstić information content (AvgIpc) is 2.69. The molecule has 0 bridgehead atoms. The molecule has 0 saturated heterocycles. The van der Waals surface area contributed by atoms with Crippen molar-refractivity contribution in [3.05, 3.63) is 35.6 Å². The fourth-order valence-corrected chi connectivity index (χ4v) is 2.02. The van der Waals surface area contributed by atoms with E-state index in [4.69, 9.17) is 10.8 Å². The predicted molar refractivity (Wildman–Crippen MR) is 57.9 cm³/mol. The summed E-state index contributed by atoms with van der Waals surface area (Å²) >= 11 is 0. The number of rotatable bonds is 3. The Labute approximate surface area is 88.8 Å². The topological polar surface area (TPSA) is 78.5 Å². The Morgan fingerprint density at radius 3 is 3.00 bits per heavy atom. The molecule has 3 unspecified atom stereocenters. The highest BCUT2D eigenvalue weighted by molar-refractivity contribution is 5.38. The molecule has 4 heteroatoms. The van der Waals surface area contributed by atoms with E-state index in [1.165, 1.54) is 0 Å². The minimum Gasteiger partial charge on any atom is -0.392 e. The van der Waals surface area contributed by atoms with Crippen LogP contribution in [0.25, 0.3) is 0 Å². The van der Waals surface area contributed by atoms with Crippen molar-refractivity contribution in [2.45, 2.75) is 12.1 Å². The fourth-order valence-electron chi connectivity index (χ4n) is 2.02. The van der Waals surface area contributed by atoms with E-state index in [9.17, 15) is 5.11 Å². The Kier molecular flexibility index (Phi) is 2.90. The maximum Gasteiger partial charge on any atom is 0.0909 e. The van der Waals surface area contributed by atoms with Gasteiger partial charge in [0.25, 0.3) is 0 Å². The number of aliphatic hydroxyl groups is 2. The van der Waals surface area contributed by atoms with Crippen LogP contribution in [0.3, 0.4) is 0 Å². The molecular formula is C11H16N2O2. The Morgan fingerprint density at radius 2 is 2.33 bits per heavy atom. The molecule has 0 aromatic carbocycles. The van der Waals surface area contributed by atoms with E-state index < -0.39 is 6.10 Å². The van der Waals surface area contributed by atoms with E-state index in [0.29, 0.717) is 0 Å². The summed E-state index contributed by atoms with van der Waals surface area (Å²) in [5.41, 5.74) is 7.22. The molecule has 0 aromatic rings. The van der Waals surface area contributed by atoms with Gasteiger partial charge in [0.2, 0.25) is 0 Å². The third kappa shape index (κ3) is 1.84. The Balaban J connectivity index is 2.12. The smallest absolute Gasteiger partial charge is 0.0909 e. The van der Waals surface area contributed by atoms with Crippen molar-refractivity contribution >= 4 is 0 Å². The van der Waals surface area contributed by atoms with Gasteiger partial charge in [-0.15, -0.1) is 0 Å². The van der Waals surface area contributed by atoms with Gasteiger partial charge in [0.15, 0.2) is 0 Å². The van der Waals surface area contributed by atoms with Crippen LogP contribution in [0.1, 0.15) is 0 Å². The molecule has 1 aliphatic carbocycles. The van der Waals surface area contributed by atoms with E-state index in [1.807, 2.05) is 24.4 Å². The largest absolute Gasteiger partial charge is 0.392 e. The van der Waals surface area contributed by atoms with Crippen molar-refractivity contribution in [2.24, 2.45) is 11.7 Å². The molecule has 1 aliphatic heterocycles. The SMILES string of the molecule is NCC(O)C1=CC2NC=C(CO)C2C=C1. The molecule has 15 heavy (non-hydrogen) atoms. The quantitative estimate of drug-likeness (QED) is 0.493. The molecule has 0 aromatic heterocycles. The van der Waals surface area contributed by atoms with Gasteiger partial charge in [-0.1, -0.05) is 18.2 Å². The normalized spacial score (nSPS) is 30.3. The summed E-state index contributed by atoms with van der Waals surface area (Å²) in [6, 6.07) is 0.147. The van der Waals surface area contributed by atoms with Gasteiger partial charge in [-0.05, 0) is 17.3 Å². The lowest BCUT2D eigenvalue weighted by Gasteiger charge is -2.23. The van der Waals surface area contributed by atoms with Gasteiger partial charge >= 0.3 is 0 Å². The molecule has 3 atom stereocenters. The highest BCUT2D eigenvalue weighted by Crippen LogP contribution is 2.28. The van der Waals surface area contributed by atoms with Crippen LogP contribution in [0, 0.1) is 5.92 Å². The number of aliphatic hydroxyl groups excluding tert-OH is 2. The average molecular weight is 208 g/mol. The summed E-state index contributed by atoms with van der Waals surface area (Å²) in [7, 11) is 0.